The highest BCUT2D eigenvalue weighted by Crippen LogP contribution is 2.21. The highest BCUT2D eigenvalue weighted by molar-refractivity contribution is 5.38. The van der Waals surface area contributed by atoms with E-state index in [0.29, 0.717) is 19.0 Å². The summed E-state index contributed by atoms with van der Waals surface area (Å²) in [6.45, 7) is 8.85. The summed E-state index contributed by atoms with van der Waals surface area (Å²) in [5, 5.41) is 4.22. The van der Waals surface area contributed by atoms with Crippen molar-refractivity contribution < 1.29 is 9.78 Å². The molecule has 0 saturated heterocycles. The van der Waals surface area contributed by atoms with Crippen molar-refractivity contribution in [1.82, 2.24) is 9.78 Å². The second kappa shape index (κ2) is 4.63. The smallest absolute Gasteiger partial charge is 0.127 e. The summed E-state index contributed by atoms with van der Waals surface area (Å²) in [6, 6.07) is 0. The van der Waals surface area contributed by atoms with Gasteiger partial charge in [-0.1, -0.05) is 0 Å². The van der Waals surface area contributed by atoms with E-state index in [9.17, 15) is 0 Å². The Hall–Kier alpha value is -1.07. The van der Waals surface area contributed by atoms with Gasteiger partial charge in [0.05, 0.1) is 18.3 Å². The molecule has 86 valence electrons. The highest BCUT2D eigenvalue weighted by Gasteiger charge is 2.18. The zero-order valence-corrected chi connectivity index (χ0v) is 9.78. The first-order valence-corrected chi connectivity index (χ1v) is 5.04. The molecule has 0 spiro atoms. The minimum atomic E-state index is -0.117. The van der Waals surface area contributed by atoms with Gasteiger partial charge in [-0.15, -0.1) is 0 Å². The monoisotopic (exact) mass is 213 g/mol. The average Bonchev–Trinajstić information content (AvgIpc) is 2.47. The van der Waals surface area contributed by atoms with Crippen LogP contribution in [-0.2, 0) is 21.9 Å². The number of anilines is 1. The molecule has 1 aromatic rings. The van der Waals surface area contributed by atoms with Gasteiger partial charge in [-0.3, -0.25) is 0 Å². The number of hydrogen-bond donors (Lipinski definition) is 1. The van der Waals surface area contributed by atoms with Gasteiger partial charge in [0, 0.05) is 5.56 Å². The molecule has 5 nitrogen and oxygen atoms in total. The molecule has 0 aliphatic carbocycles. The molecule has 0 unspecified atom stereocenters. The molecule has 1 aromatic heterocycles. The van der Waals surface area contributed by atoms with Crippen LogP contribution in [0.2, 0.25) is 0 Å². The Bertz CT molecular complexity index is 315. The van der Waals surface area contributed by atoms with Gasteiger partial charge >= 0.3 is 0 Å². The fraction of sp³-hybridized carbons (Fsp3) is 0.700. The van der Waals surface area contributed by atoms with Crippen LogP contribution in [0.15, 0.2) is 6.20 Å². The van der Waals surface area contributed by atoms with Crippen LogP contribution in [0, 0.1) is 0 Å². The van der Waals surface area contributed by atoms with Crippen molar-refractivity contribution in [2.24, 2.45) is 0 Å². The second-order valence-electron chi connectivity index (χ2n) is 4.31. The van der Waals surface area contributed by atoms with E-state index in [2.05, 4.69) is 5.10 Å². The van der Waals surface area contributed by atoms with Crippen LogP contribution in [0.5, 0.6) is 0 Å². The van der Waals surface area contributed by atoms with Crippen molar-refractivity contribution in [3.8, 4) is 0 Å². The van der Waals surface area contributed by atoms with Crippen LogP contribution in [-0.4, -0.2) is 16.4 Å². The van der Waals surface area contributed by atoms with Gasteiger partial charge < -0.3 is 5.73 Å². The highest BCUT2D eigenvalue weighted by atomic mass is 17.2. The molecule has 0 aliphatic rings. The summed E-state index contributed by atoms with van der Waals surface area (Å²) < 4.78 is 1.78. The molecule has 0 amide bonds. The summed E-state index contributed by atoms with van der Waals surface area (Å²) in [5.74, 6) is 0.627. The first kappa shape index (κ1) is 12.0. The van der Waals surface area contributed by atoms with E-state index < -0.39 is 0 Å². The van der Waals surface area contributed by atoms with Gasteiger partial charge in [0.2, 0.25) is 0 Å². The topological polar surface area (TPSA) is 62.3 Å². The standard InChI is InChI=1S/C10H19N3O2/c1-5-14-15-7-8-6-12-13(9(8)11)10(2,3)4/h6H,5,7,11H2,1-4H3. The quantitative estimate of drug-likeness (QED) is 0.469. The Morgan fingerprint density at radius 3 is 2.53 bits per heavy atom. The van der Waals surface area contributed by atoms with Crippen LogP contribution in [0.4, 0.5) is 5.82 Å². The number of nitrogen functional groups attached to an aromatic ring is 1. The van der Waals surface area contributed by atoms with Crippen LogP contribution in [0.3, 0.4) is 0 Å². The largest absolute Gasteiger partial charge is 0.384 e. The Balaban J connectivity index is 2.72. The maximum absolute atomic E-state index is 5.94. The van der Waals surface area contributed by atoms with Gasteiger partial charge in [-0.05, 0) is 27.7 Å². The SMILES string of the molecule is CCOOCc1cnn(C(C)(C)C)c1N. The van der Waals surface area contributed by atoms with Crippen LogP contribution < -0.4 is 5.73 Å². The molecule has 0 bridgehead atoms. The summed E-state index contributed by atoms with van der Waals surface area (Å²) >= 11 is 0. The van der Waals surface area contributed by atoms with Gasteiger partial charge in [0.25, 0.3) is 0 Å². The maximum atomic E-state index is 5.94. The molecule has 1 heterocycles. The first-order chi connectivity index (χ1) is 6.96. The molecule has 0 aliphatic heterocycles. The molecule has 0 aromatic carbocycles. The molecule has 0 saturated carbocycles. The van der Waals surface area contributed by atoms with Gasteiger partial charge in [0.1, 0.15) is 12.4 Å². The van der Waals surface area contributed by atoms with Gasteiger partial charge in [0.15, 0.2) is 0 Å². The lowest BCUT2D eigenvalue weighted by Gasteiger charge is -2.20. The van der Waals surface area contributed by atoms with Crippen molar-refractivity contribution in [1.29, 1.82) is 0 Å². The van der Waals surface area contributed by atoms with Crippen molar-refractivity contribution in [3.05, 3.63) is 11.8 Å². The molecule has 15 heavy (non-hydrogen) atoms. The lowest BCUT2D eigenvalue weighted by atomic mass is 10.1. The number of nitrogens with two attached hydrogens (primary N) is 1. The van der Waals surface area contributed by atoms with E-state index in [1.165, 1.54) is 0 Å². The number of rotatable bonds is 4. The fourth-order valence-electron chi connectivity index (χ4n) is 1.23. The minimum absolute atomic E-state index is 0.117. The van der Waals surface area contributed by atoms with Crippen LogP contribution >= 0.6 is 0 Å². The Kier molecular flexibility index (Phi) is 3.71. The van der Waals surface area contributed by atoms with Crippen LogP contribution in [0.25, 0.3) is 0 Å². The van der Waals surface area contributed by atoms with Crippen molar-refractivity contribution in [2.45, 2.75) is 39.8 Å². The number of aromatic nitrogens is 2. The normalized spacial score (nSPS) is 12.0. The third-order valence-corrected chi connectivity index (χ3v) is 1.94. The summed E-state index contributed by atoms with van der Waals surface area (Å²) in [6.07, 6.45) is 1.71. The maximum Gasteiger partial charge on any atom is 0.127 e. The van der Waals surface area contributed by atoms with E-state index in [4.69, 9.17) is 15.5 Å². The van der Waals surface area contributed by atoms with Crippen molar-refractivity contribution in [2.75, 3.05) is 12.3 Å². The minimum Gasteiger partial charge on any atom is -0.384 e. The third kappa shape index (κ3) is 2.94. The zero-order valence-electron chi connectivity index (χ0n) is 9.78. The summed E-state index contributed by atoms with van der Waals surface area (Å²) in [7, 11) is 0. The number of hydrogen-bond acceptors (Lipinski definition) is 4. The van der Waals surface area contributed by atoms with Crippen molar-refractivity contribution >= 4 is 5.82 Å². The molecule has 0 fully saturated rings. The Morgan fingerprint density at radius 1 is 1.40 bits per heavy atom. The molecular formula is C10H19N3O2. The van der Waals surface area contributed by atoms with E-state index >= 15 is 0 Å². The van der Waals surface area contributed by atoms with E-state index in [-0.39, 0.29) is 5.54 Å². The molecule has 0 radical (unpaired) electrons. The van der Waals surface area contributed by atoms with E-state index in [1.807, 2.05) is 27.7 Å². The van der Waals surface area contributed by atoms with Gasteiger partial charge in [-0.2, -0.15) is 5.10 Å². The molecule has 5 heteroatoms. The molecule has 1 rings (SSSR count). The third-order valence-electron chi connectivity index (χ3n) is 1.94. The zero-order chi connectivity index (χ0) is 11.5. The Morgan fingerprint density at radius 2 is 2.07 bits per heavy atom. The fourth-order valence-corrected chi connectivity index (χ4v) is 1.23. The van der Waals surface area contributed by atoms with Crippen molar-refractivity contribution in [3.63, 3.8) is 0 Å². The molecular weight excluding hydrogens is 194 g/mol. The first-order valence-electron chi connectivity index (χ1n) is 5.04. The lowest BCUT2D eigenvalue weighted by molar-refractivity contribution is -0.300. The lowest BCUT2D eigenvalue weighted by Crippen LogP contribution is -2.24. The molecule has 0 atom stereocenters. The second-order valence-corrected chi connectivity index (χ2v) is 4.31. The summed E-state index contributed by atoms with van der Waals surface area (Å²) in [5.41, 5.74) is 6.67. The van der Waals surface area contributed by atoms with Gasteiger partial charge in [-0.25, -0.2) is 14.5 Å². The predicted octanol–water partition coefficient (Wildman–Crippen LogP) is 1.69. The van der Waals surface area contributed by atoms with E-state index in [1.54, 1.807) is 10.9 Å². The summed E-state index contributed by atoms with van der Waals surface area (Å²) in [4.78, 5) is 9.74. The van der Waals surface area contributed by atoms with E-state index in [0.717, 1.165) is 5.56 Å². The van der Waals surface area contributed by atoms with Crippen LogP contribution in [0.1, 0.15) is 33.3 Å². The Labute approximate surface area is 90.1 Å². The number of nitrogens with zero attached hydrogens (tertiary/aromatic N) is 2. The average molecular weight is 213 g/mol. The predicted molar refractivity (Wildman–Crippen MR) is 58.1 cm³/mol. The molecule has 2 N–H and O–H groups in total.